The molecule has 2 aromatic rings. The van der Waals surface area contributed by atoms with E-state index in [2.05, 4.69) is 31.0 Å². The van der Waals surface area contributed by atoms with E-state index in [4.69, 9.17) is 10.6 Å². The highest BCUT2D eigenvalue weighted by Crippen LogP contribution is 2.25. The summed E-state index contributed by atoms with van der Waals surface area (Å²) in [6.07, 6.45) is 0. The minimum atomic E-state index is -4.95. The number of carboxylic acids is 1. The minimum absolute atomic E-state index is 0.0669. The van der Waals surface area contributed by atoms with E-state index in [1.54, 1.807) is 0 Å². The topological polar surface area (TPSA) is 245 Å². The molecule has 19 heteroatoms. The maximum atomic E-state index is 13.0. The highest BCUT2D eigenvalue weighted by atomic mass is 32.2. The standard InChI is InChI=1S/C15H19N9O8S2/c1-6-19-21-22-23(6)4-8-10(12(26)24(8)34(29,30)31)18-11(25)9(7-5-33-14(16)17-7)20-32-15(2,3)13(27)28/h5,8,10H,4H2,1-3H3,(H2,16,17)(H,18,25)(H,27,28)(H,29,30,31)/t8-,10+/m1/s1. The Hall–Kier alpha value is -3.71. The van der Waals surface area contributed by atoms with E-state index >= 15 is 0 Å². The first kappa shape index (κ1) is 24.9. The molecule has 34 heavy (non-hydrogen) atoms. The van der Waals surface area contributed by atoms with Crippen molar-refractivity contribution >= 4 is 50.3 Å². The number of tetrazole rings is 1. The molecule has 3 rings (SSSR count). The number of nitrogens with zero attached hydrogens (tertiary/aromatic N) is 7. The number of thiazole rings is 1. The van der Waals surface area contributed by atoms with Gasteiger partial charge in [0.05, 0.1) is 12.6 Å². The first-order valence-corrected chi connectivity index (χ1v) is 11.5. The lowest BCUT2D eigenvalue weighted by molar-refractivity contribution is -0.161. The third kappa shape index (κ3) is 4.94. The predicted octanol–water partition coefficient (Wildman–Crippen LogP) is -2.20. The molecule has 0 saturated carbocycles. The molecular weight excluding hydrogens is 498 g/mol. The van der Waals surface area contributed by atoms with E-state index < -0.39 is 51.5 Å². The van der Waals surface area contributed by atoms with Crippen LogP contribution >= 0.6 is 11.3 Å². The van der Waals surface area contributed by atoms with Crippen LogP contribution in [0.3, 0.4) is 0 Å². The summed E-state index contributed by atoms with van der Waals surface area (Å²) in [7, 11) is -4.95. The summed E-state index contributed by atoms with van der Waals surface area (Å²) in [5.74, 6) is -3.26. The van der Waals surface area contributed by atoms with Crippen molar-refractivity contribution in [3.8, 4) is 0 Å². The molecule has 0 aromatic carbocycles. The zero-order chi connectivity index (χ0) is 25.4. The van der Waals surface area contributed by atoms with Gasteiger partial charge in [0.1, 0.15) is 17.6 Å². The van der Waals surface area contributed by atoms with Gasteiger partial charge in [-0.1, -0.05) is 5.16 Å². The van der Waals surface area contributed by atoms with E-state index in [-0.39, 0.29) is 27.5 Å². The molecule has 3 heterocycles. The van der Waals surface area contributed by atoms with Crippen LogP contribution in [0.25, 0.3) is 0 Å². The molecule has 1 aliphatic heterocycles. The lowest BCUT2D eigenvalue weighted by Gasteiger charge is -2.43. The molecule has 1 fully saturated rings. The molecule has 0 bridgehead atoms. The van der Waals surface area contributed by atoms with E-state index in [1.807, 2.05) is 0 Å². The first-order valence-electron chi connectivity index (χ1n) is 9.27. The SMILES string of the molecule is Cc1nnnn1C[C@@H]1[C@H](NC(=O)C(=NOC(C)(C)C(=O)O)c2csc(N)n2)C(=O)N1S(=O)(=O)O. The highest BCUT2D eigenvalue weighted by Gasteiger charge is 2.54. The molecule has 1 aliphatic rings. The number of oxime groups is 1. The average molecular weight is 518 g/mol. The fraction of sp³-hybridized carbons (Fsp3) is 0.467. The van der Waals surface area contributed by atoms with Crippen molar-refractivity contribution in [3.05, 3.63) is 16.9 Å². The van der Waals surface area contributed by atoms with Gasteiger partial charge in [-0.15, -0.1) is 16.4 Å². The van der Waals surface area contributed by atoms with Crippen molar-refractivity contribution in [1.29, 1.82) is 0 Å². The summed E-state index contributed by atoms with van der Waals surface area (Å²) >= 11 is 0.959. The Bertz CT molecular complexity index is 1270. The number of aryl methyl sites for hydroxylation is 1. The highest BCUT2D eigenvalue weighted by molar-refractivity contribution is 7.84. The van der Waals surface area contributed by atoms with E-state index in [1.165, 1.54) is 30.8 Å². The van der Waals surface area contributed by atoms with Crippen LogP contribution in [0.2, 0.25) is 0 Å². The molecule has 0 aliphatic carbocycles. The predicted molar refractivity (Wildman–Crippen MR) is 113 cm³/mol. The summed E-state index contributed by atoms with van der Waals surface area (Å²) in [5, 5.41) is 27.2. The molecule has 2 atom stereocenters. The van der Waals surface area contributed by atoms with Crippen LogP contribution < -0.4 is 11.1 Å². The number of β-lactam (4-membered cyclic amide) rings is 1. The fourth-order valence-corrected chi connectivity index (χ4v) is 4.16. The van der Waals surface area contributed by atoms with Gasteiger partial charge in [0.2, 0.25) is 5.60 Å². The number of nitrogens with two attached hydrogens (primary N) is 1. The second-order valence-corrected chi connectivity index (χ2v) is 9.63. The van der Waals surface area contributed by atoms with Gasteiger partial charge >= 0.3 is 16.3 Å². The zero-order valence-electron chi connectivity index (χ0n) is 17.8. The summed E-state index contributed by atoms with van der Waals surface area (Å²) in [6.45, 7) is 3.61. The van der Waals surface area contributed by atoms with Crippen LogP contribution in [0.1, 0.15) is 25.4 Å². The number of nitrogen functional groups attached to an aromatic ring is 1. The molecule has 2 amide bonds. The monoisotopic (exact) mass is 517 g/mol. The van der Waals surface area contributed by atoms with Gasteiger partial charge in [0, 0.05) is 5.38 Å². The van der Waals surface area contributed by atoms with Crippen molar-refractivity contribution in [2.24, 2.45) is 5.16 Å². The Morgan fingerprint density at radius 1 is 1.41 bits per heavy atom. The Morgan fingerprint density at radius 2 is 2.09 bits per heavy atom. The average Bonchev–Trinajstić information content (AvgIpc) is 3.32. The largest absolute Gasteiger partial charge is 0.478 e. The number of nitrogens with one attached hydrogen (secondary N) is 1. The first-order chi connectivity index (χ1) is 15.7. The minimum Gasteiger partial charge on any atom is -0.478 e. The molecule has 0 spiro atoms. The van der Waals surface area contributed by atoms with Crippen LogP contribution in [-0.4, -0.2) is 88.8 Å². The molecule has 184 valence electrons. The maximum absolute atomic E-state index is 13.0. The fourth-order valence-electron chi connectivity index (χ4n) is 2.75. The zero-order valence-corrected chi connectivity index (χ0v) is 19.4. The summed E-state index contributed by atoms with van der Waals surface area (Å²) in [5.41, 5.74) is 3.18. The summed E-state index contributed by atoms with van der Waals surface area (Å²) in [6, 6.07) is -2.72. The number of hydrogen-bond donors (Lipinski definition) is 4. The third-order valence-electron chi connectivity index (χ3n) is 4.64. The number of aromatic nitrogens is 5. The van der Waals surface area contributed by atoms with Crippen molar-refractivity contribution in [2.45, 2.75) is 45.0 Å². The number of carbonyl (C=O) groups excluding carboxylic acids is 2. The Balaban J connectivity index is 1.90. The molecule has 1 saturated heterocycles. The molecule has 0 radical (unpaired) electrons. The number of anilines is 1. The number of aliphatic carboxylic acids is 1. The van der Waals surface area contributed by atoms with Crippen LogP contribution in [0.4, 0.5) is 5.13 Å². The maximum Gasteiger partial charge on any atom is 0.362 e. The summed E-state index contributed by atoms with van der Waals surface area (Å²) in [4.78, 5) is 45.6. The molecule has 0 unspecified atom stereocenters. The van der Waals surface area contributed by atoms with Crippen LogP contribution in [0, 0.1) is 6.92 Å². The van der Waals surface area contributed by atoms with Gasteiger partial charge in [0.25, 0.3) is 11.8 Å². The smallest absolute Gasteiger partial charge is 0.362 e. The second kappa shape index (κ2) is 8.91. The summed E-state index contributed by atoms with van der Waals surface area (Å²) < 4.78 is 34.1. The quantitative estimate of drug-likeness (QED) is 0.119. The van der Waals surface area contributed by atoms with Crippen LogP contribution in [0.5, 0.6) is 0 Å². The van der Waals surface area contributed by atoms with Crippen LogP contribution in [-0.2, 0) is 36.1 Å². The number of hydrogen-bond acceptors (Lipinski definition) is 13. The van der Waals surface area contributed by atoms with Gasteiger partial charge in [-0.2, -0.15) is 8.42 Å². The molecular formula is C15H19N9O8S2. The normalized spacial score (nSPS) is 19.0. The van der Waals surface area contributed by atoms with Gasteiger partial charge in [-0.05, 0) is 31.2 Å². The lowest BCUT2D eigenvalue weighted by atomic mass is 9.98. The molecule has 2 aromatic heterocycles. The number of carbonyl (C=O) groups is 3. The van der Waals surface area contributed by atoms with Gasteiger partial charge in [0.15, 0.2) is 10.8 Å². The van der Waals surface area contributed by atoms with E-state index in [0.29, 0.717) is 0 Å². The Labute approximate surface area is 195 Å². The lowest BCUT2D eigenvalue weighted by Crippen LogP contribution is -2.73. The Kier molecular flexibility index (Phi) is 6.53. The van der Waals surface area contributed by atoms with Gasteiger partial charge in [-0.3, -0.25) is 14.1 Å². The van der Waals surface area contributed by atoms with E-state index in [9.17, 15) is 32.5 Å². The number of amides is 2. The van der Waals surface area contributed by atoms with Crippen molar-refractivity contribution in [3.63, 3.8) is 0 Å². The third-order valence-corrected chi connectivity index (χ3v) is 6.26. The van der Waals surface area contributed by atoms with Crippen molar-refractivity contribution < 1.29 is 37.3 Å². The number of carboxylic acid groups (broad SMARTS) is 1. The van der Waals surface area contributed by atoms with Crippen molar-refractivity contribution in [2.75, 3.05) is 5.73 Å². The number of rotatable bonds is 9. The molecule has 5 N–H and O–H groups in total. The van der Waals surface area contributed by atoms with Crippen LogP contribution in [0.15, 0.2) is 10.5 Å². The second-order valence-electron chi connectivity index (χ2n) is 7.46. The van der Waals surface area contributed by atoms with Crippen molar-refractivity contribution in [1.82, 2.24) is 34.8 Å². The van der Waals surface area contributed by atoms with Gasteiger partial charge in [-0.25, -0.2) is 18.8 Å². The van der Waals surface area contributed by atoms with Gasteiger partial charge < -0.3 is 21.0 Å². The van der Waals surface area contributed by atoms with E-state index in [0.717, 1.165) is 11.3 Å². The molecule has 17 nitrogen and oxygen atoms in total. The Morgan fingerprint density at radius 3 is 2.59 bits per heavy atom.